The number of imidazole rings is 1. The number of fused-ring (bicyclic) bond motifs is 4. The molecule has 0 unspecified atom stereocenters. The number of pyridine rings is 1. The predicted octanol–water partition coefficient (Wildman–Crippen LogP) is 22.8. The average molecular weight is 1360 g/mol. The third-order valence-electron chi connectivity index (χ3n) is 18.1. The van der Waals surface area contributed by atoms with Crippen molar-refractivity contribution in [1.82, 2.24) is 19.1 Å². The zero-order valence-corrected chi connectivity index (χ0v) is 58.3. The molecule has 0 aliphatic heterocycles. The molecular formula is C84H87N4OPt-. The van der Waals surface area contributed by atoms with E-state index >= 15 is 0 Å². The van der Waals surface area contributed by atoms with Crippen LogP contribution in [0.5, 0.6) is 5.75 Å². The maximum absolute atomic E-state index is 13.1. The first kappa shape index (κ1) is 63.5. The van der Waals surface area contributed by atoms with Crippen molar-refractivity contribution in [3.63, 3.8) is 0 Å². The molecule has 12 rings (SSSR count). The van der Waals surface area contributed by atoms with Crippen molar-refractivity contribution in [1.29, 1.82) is 0 Å². The standard InChI is InChI=1S/C84H87N4O.Pt/c1-79(2,3)57-36-37-64(52-28-21-19-22-29-52)68(49-57)55-43-69(75-74(45-55)88(63-47-59(81(7,8)9)46-60(48-63)82(10,11)12)78(86-75)70-50-61(83(13,14)15)51-71(77(70)89)84(16,17)18)54-40-56(42-58(41-54)80(4,5)6)72-44-53(38-39-85-72)65-33-27-34-67-66-32-25-26-35-73(66)87(76(65)67)62-30-23-20-24-31-62;/h19-39,41-51,89H,1-18H3;/q-1;. The van der Waals surface area contributed by atoms with E-state index in [-0.39, 0.29) is 59.3 Å². The van der Waals surface area contributed by atoms with E-state index in [1.807, 2.05) is 6.20 Å². The summed E-state index contributed by atoms with van der Waals surface area (Å²) in [5.41, 5.74) is 22.4. The summed E-state index contributed by atoms with van der Waals surface area (Å²) in [6, 6.07) is 73.3. The number of nitrogens with zero attached hydrogens (tertiary/aromatic N) is 4. The molecule has 0 radical (unpaired) electrons. The molecule has 90 heavy (non-hydrogen) atoms. The molecule has 6 heteroatoms. The Bertz CT molecular complexity index is 4680. The Hall–Kier alpha value is -8.11. The van der Waals surface area contributed by atoms with Crippen LogP contribution in [0.25, 0.3) is 111 Å². The second-order valence-electron chi connectivity index (χ2n) is 31.0. The van der Waals surface area contributed by atoms with E-state index in [2.05, 4.69) is 328 Å². The van der Waals surface area contributed by atoms with Gasteiger partial charge in [0, 0.05) is 66.2 Å². The van der Waals surface area contributed by atoms with Gasteiger partial charge in [-0.3, -0.25) is 9.55 Å². The third-order valence-corrected chi connectivity index (χ3v) is 18.1. The number of hydrogen-bond acceptors (Lipinski definition) is 3. The maximum atomic E-state index is 13.1. The molecule has 0 aliphatic rings. The summed E-state index contributed by atoms with van der Waals surface area (Å²) in [5.74, 6) is 0.916. The average Bonchev–Trinajstić information content (AvgIpc) is 1.55. The zero-order valence-electron chi connectivity index (χ0n) is 56.0. The van der Waals surface area contributed by atoms with Gasteiger partial charge in [-0.25, -0.2) is 4.98 Å². The van der Waals surface area contributed by atoms with Gasteiger partial charge in [0.05, 0.1) is 27.6 Å². The Morgan fingerprint density at radius 1 is 0.367 bits per heavy atom. The monoisotopic (exact) mass is 1360 g/mol. The molecule has 0 aliphatic carbocycles. The van der Waals surface area contributed by atoms with E-state index in [0.717, 1.165) is 106 Å². The Labute approximate surface area is 549 Å². The van der Waals surface area contributed by atoms with E-state index in [1.165, 1.54) is 27.5 Å². The molecule has 0 saturated carbocycles. The summed E-state index contributed by atoms with van der Waals surface area (Å²) in [6.45, 7) is 40.9. The van der Waals surface area contributed by atoms with Crippen LogP contribution in [0.3, 0.4) is 0 Å². The van der Waals surface area contributed by atoms with Gasteiger partial charge < -0.3 is 9.67 Å². The Kier molecular flexibility index (Phi) is 16.2. The van der Waals surface area contributed by atoms with Crippen molar-refractivity contribution >= 4 is 32.8 Å². The number of phenols is 1. The van der Waals surface area contributed by atoms with Crippen LogP contribution in [0.2, 0.25) is 0 Å². The molecule has 9 aromatic carbocycles. The Balaban J connectivity index is 0.00000833. The topological polar surface area (TPSA) is 55.9 Å². The van der Waals surface area contributed by atoms with Crippen LogP contribution in [0.4, 0.5) is 0 Å². The minimum atomic E-state index is -0.385. The van der Waals surface area contributed by atoms with Crippen LogP contribution in [0, 0.1) is 6.07 Å². The van der Waals surface area contributed by atoms with Crippen LogP contribution in [-0.4, -0.2) is 24.2 Å². The summed E-state index contributed by atoms with van der Waals surface area (Å²) in [5, 5.41) is 15.5. The van der Waals surface area contributed by atoms with E-state index in [0.29, 0.717) is 11.4 Å². The van der Waals surface area contributed by atoms with Crippen molar-refractivity contribution in [2.24, 2.45) is 0 Å². The number of benzene rings is 9. The number of para-hydroxylation sites is 3. The van der Waals surface area contributed by atoms with Crippen molar-refractivity contribution in [2.45, 2.75) is 157 Å². The molecule has 0 amide bonds. The van der Waals surface area contributed by atoms with Crippen LogP contribution in [0.15, 0.2) is 194 Å². The molecule has 5 nitrogen and oxygen atoms in total. The molecule has 0 fully saturated rings. The predicted molar refractivity (Wildman–Crippen MR) is 379 cm³/mol. The number of aromatic hydroxyl groups is 1. The molecular weight excluding hydrogens is 1280 g/mol. The van der Waals surface area contributed by atoms with Crippen molar-refractivity contribution in [2.75, 3.05) is 0 Å². The Morgan fingerprint density at radius 2 is 0.933 bits per heavy atom. The summed E-state index contributed by atoms with van der Waals surface area (Å²) in [7, 11) is 0. The molecule has 0 bridgehead atoms. The van der Waals surface area contributed by atoms with Gasteiger partial charge in [-0.05, 0) is 131 Å². The number of phenolic OH excluding ortho intramolecular Hbond substituents is 1. The third kappa shape index (κ3) is 12.0. The first-order chi connectivity index (χ1) is 41.8. The molecule has 12 aromatic rings. The Morgan fingerprint density at radius 3 is 1.57 bits per heavy atom. The zero-order chi connectivity index (χ0) is 63.5. The van der Waals surface area contributed by atoms with Gasteiger partial charge >= 0.3 is 0 Å². The normalized spacial score (nSPS) is 12.7. The largest absolute Gasteiger partial charge is 0.507 e. The fourth-order valence-electron chi connectivity index (χ4n) is 12.6. The van der Waals surface area contributed by atoms with Crippen molar-refractivity contribution in [3.05, 3.63) is 234 Å². The fourth-order valence-corrected chi connectivity index (χ4v) is 12.6. The van der Waals surface area contributed by atoms with Crippen LogP contribution in [0.1, 0.15) is 158 Å². The maximum Gasteiger partial charge on any atom is 0.148 e. The van der Waals surface area contributed by atoms with Crippen molar-refractivity contribution in [3.8, 4) is 84.3 Å². The first-order valence-electron chi connectivity index (χ1n) is 31.8. The number of rotatable bonds is 8. The molecule has 0 spiro atoms. The summed E-state index contributed by atoms with van der Waals surface area (Å²) >= 11 is 0. The van der Waals surface area contributed by atoms with Gasteiger partial charge in [-0.2, -0.15) is 0 Å². The smallest absolute Gasteiger partial charge is 0.148 e. The minimum Gasteiger partial charge on any atom is -0.507 e. The van der Waals surface area contributed by atoms with Gasteiger partial charge in [0.1, 0.15) is 11.6 Å². The summed E-state index contributed by atoms with van der Waals surface area (Å²) in [6.07, 6.45) is 1.96. The molecule has 0 saturated heterocycles. The molecule has 0 atom stereocenters. The van der Waals surface area contributed by atoms with E-state index in [4.69, 9.17) is 9.97 Å². The van der Waals surface area contributed by atoms with Crippen LogP contribution >= 0.6 is 0 Å². The number of hydrogen-bond donors (Lipinski definition) is 1. The fraction of sp³-hybridized carbons (Fsp3) is 0.286. The van der Waals surface area contributed by atoms with Gasteiger partial charge in [0.25, 0.3) is 0 Å². The molecule has 1 N–H and O–H groups in total. The van der Waals surface area contributed by atoms with Crippen LogP contribution < -0.4 is 0 Å². The molecule has 3 aromatic heterocycles. The molecule has 460 valence electrons. The van der Waals surface area contributed by atoms with Crippen molar-refractivity contribution < 1.29 is 26.2 Å². The SMILES string of the molecule is CC(C)(C)c1cc(-c2cc(-c3cccc4c5ccccc5n(-c5ccccc5)c34)ccn2)[c-]c(-c2cc(-c3cc(C(C)(C)C)ccc3-c3ccccc3)cc3c2nc(-c2cc(C(C)(C)C)cc(C(C)(C)C)c2O)n3-c2cc(C(C)(C)C)cc(C(C)(C)C)c2)c1.[Pt]. The molecule has 3 heterocycles. The van der Waals surface area contributed by atoms with Crippen LogP contribution in [-0.2, 0) is 53.6 Å². The van der Waals surface area contributed by atoms with E-state index < -0.39 is 0 Å². The quantitative estimate of drug-likeness (QED) is 0.154. The minimum absolute atomic E-state index is 0. The van der Waals surface area contributed by atoms with E-state index in [9.17, 15) is 5.11 Å². The second-order valence-corrected chi connectivity index (χ2v) is 31.0. The van der Waals surface area contributed by atoms with Gasteiger partial charge in [-0.1, -0.05) is 263 Å². The van der Waals surface area contributed by atoms with Gasteiger partial charge in [-0.15, -0.1) is 29.3 Å². The van der Waals surface area contributed by atoms with Gasteiger partial charge in [0.2, 0.25) is 0 Å². The summed E-state index contributed by atoms with van der Waals surface area (Å²) < 4.78 is 4.77. The van der Waals surface area contributed by atoms with Gasteiger partial charge in [0.15, 0.2) is 0 Å². The number of aromatic nitrogens is 4. The van der Waals surface area contributed by atoms with E-state index in [1.54, 1.807) is 0 Å². The second kappa shape index (κ2) is 23.0. The summed E-state index contributed by atoms with van der Waals surface area (Å²) in [4.78, 5) is 11.2. The first-order valence-corrected chi connectivity index (χ1v) is 31.8.